The van der Waals surface area contributed by atoms with Gasteiger partial charge in [-0.1, -0.05) is 18.2 Å². The molecular formula is C12H16N2O. The van der Waals surface area contributed by atoms with Gasteiger partial charge in [0.1, 0.15) is 0 Å². The molecule has 0 spiro atoms. The second-order valence-electron chi connectivity index (χ2n) is 4.31. The molecule has 0 heterocycles. The summed E-state index contributed by atoms with van der Waals surface area (Å²) < 4.78 is 0. The van der Waals surface area contributed by atoms with Crippen molar-refractivity contribution in [1.29, 1.82) is 0 Å². The molecule has 0 aromatic heterocycles. The number of hydrogen-bond donors (Lipinski definition) is 2. The van der Waals surface area contributed by atoms with Gasteiger partial charge in [-0.15, -0.1) is 0 Å². The standard InChI is InChI=1S/C12H16N2O/c13-12(7-4-8-12)9-11(15)14-10-5-2-1-3-6-10/h1-3,5-6H,4,7-9,13H2,(H,14,15). The molecule has 0 unspecified atom stereocenters. The zero-order chi connectivity index (χ0) is 10.7. The summed E-state index contributed by atoms with van der Waals surface area (Å²) in [6, 6.07) is 9.48. The van der Waals surface area contributed by atoms with Gasteiger partial charge in [0.05, 0.1) is 0 Å². The Morgan fingerprint density at radius 1 is 1.33 bits per heavy atom. The quantitative estimate of drug-likeness (QED) is 0.790. The van der Waals surface area contributed by atoms with Gasteiger partial charge >= 0.3 is 0 Å². The number of para-hydroxylation sites is 1. The second kappa shape index (κ2) is 4.03. The Bertz CT molecular complexity index is 344. The van der Waals surface area contributed by atoms with Crippen LogP contribution in [0.25, 0.3) is 0 Å². The molecule has 1 aromatic carbocycles. The Labute approximate surface area is 89.7 Å². The summed E-state index contributed by atoms with van der Waals surface area (Å²) >= 11 is 0. The van der Waals surface area contributed by atoms with E-state index in [1.165, 1.54) is 0 Å². The lowest BCUT2D eigenvalue weighted by atomic mass is 9.75. The van der Waals surface area contributed by atoms with Crippen molar-refractivity contribution in [3.05, 3.63) is 30.3 Å². The molecular weight excluding hydrogens is 188 g/mol. The minimum atomic E-state index is -0.237. The monoisotopic (exact) mass is 204 g/mol. The van der Waals surface area contributed by atoms with Crippen LogP contribution in [0, 0.1) is 0 Å². The first-order chi connectivity index (χ1) is 7.18. The SMILES string of the molecule is NC1(CC(=O)Nc2ccccc2)CCC1. The van der Waals surface area contributed by atoms with Gasteiger partial charge in [0, 0.05) is 17.6 Å². The van der Waals surface area contributed by atoms with E-state index in [1.54, 1.807) is 0 Å². The Hall–Kier alpha value is -1.35. The molecule has 3 nitrogen and oxygen atoms in total. The summed E-state index contributed by atoms with van der Waals surface area (Å²) in [6.07, 6.45) is 3.52. The van der Waals surface area contributed by atoms with E-state index >= 15 is 0 Å². The van der Waals surface area contributed by atoms with Crippen LogP contribution in [0.1, 0.15) is 25.7 Å². The lowest BCUT2D eigenvalue weighted by molar-refractivity contribution is -0.118. The van der Waals surface area contributed by atoms with Crippen LogP contribution < -0.4 is 11.1 Å². The predicted octanol–water partition coefficient (Wildman–Crippen LogP) is 1.90. The van der Waals surface area contributed by atoms with Gasteiger partial charge in [-0.05, 0) is 31.4 Å². The number of rotatable bonds is 3. The van der Waals surface area contributed by atoms with E-state index in [0.717, 1.165) is 24.9 Å². The van der Waals surface area contributed by atoms with Crippen LogP contribution in [0.15, 0.2) is 30.3 Å². The van der Waals surface area contributed by atoms with E-state index in [9.17, 15) is 4.79 Å². The largest absolute Gasteiger partial charge is 0.326 e. The van der Waals surface area contributed by atoms with Crippen molar-refractivity contribution in [3.63, 3.8) is 0 Å². The van der Waals surface area contributed by atoms with Gasteiger partial charge in [0.25, 0.3) is 0 Å². The van der Waals surface area contributed by atoms with Crippen molar-refractivity contribution >= 4 is 11.6 Å². The first kappa shape index (κ1) is 10.2. The molecule has 1 aliphatic rings. The fourth-order valence-corrected chi connectivity index (χ4v) is 1.85. The van der Waals surface area contributed by atoms with Crippen LogP contribution in [0.2, 0.25) is 0 Å². The maximum absolute atomic E-state index is 11.6. The fraction of sp³-hybridized carbons (Fsp3) is 0.417. The summed E-state index contributed by atoms with van der Waals surface area (Å²) in [5, 5.41) is 2.85. The molecule has 0 aliphatic heterocycles. The minimum Gasteiger partial charge on any atom is -0.326 e. The molecule has 0 bridgehead atoms. The number of carbonyl (C=O) groups is 1. The molecule has 1 amide bonds. The molecule has 1 fully saturated rings. The average molecular weight is 204 g/mol. The maximum Gasteiger partial charge on any atom is 0.226 e. The van der Waals surface area contributed by atoms with Crippen LogP contribution in [0.4, 0.5) is 5.69 Å². The number of amides is 1. The van der Waals surface area contributed by atoms with Gasteiger partial charge in [-0.3, -0.25) is 4.79 Å². The third-order valence-corrected chi connectivity index (χ3v) is 2.92. The first-order valence-electron chi connectivity index (χ1n) is 5.32. The number of benzene rings is 1. The number of nitrogens with two attached hydrogens (primary N) is 1. The number of hydrogen-bond acceptors (Lipinski definition) is 2. The Balaban J connectivity index is 1.87. The molecule has 0 saturated heterocycles. The molecule has 0 atom stereocenters. The summed E-state index contributed by atoms with van der Waals surface area (Å²) in [5.41, 5.74) is 6.60. The van der Waals surface area contributed by atoms with Crippen molar-refractivity contribution in [2.75, 3.05) is 5.32 Å². The van der Waals surface area contributed by atoms with Gasteiger partial charge in [0.2, 0.25) is 5.91 Å². The highest BCUT2D eigenvalue weighted by molar-refractivity contribution is 5.91. The van der Waals surface area contributed by atoms with Gasteiger partial charge < -0.3 is 11.1 Å². The van der Waals surface area contributed by atoms with Gasteiger partial charge in [-0.25, -0.2) is 0 Å². The van der Waals surface area contributed by atoms with Crippen LogP contribution in [-0.2, 0) is 4.79 Å². The van der Waals surface area contributed by atoms with E-state index in [0.29, 0.717) is 6.42 Å². The zero-order valence-corrected chi connectivity index (χ0v) is 8.70. The van der Waals surface area contributed by atoms with Gasteiger partial charge in [0.15, 0.2) is 0 Å². The van der Waals surface area contributed by atoms with Crippen LogP contribution in [-0.4, -0.2) is 11.4 Å². The van der Waals surface area contributed by atoms with Crippen LogP contribution >= 0.6 is 0 Å². The molecule has 2 rings (SSSR count). The van der Waals surface area contributed by atoms with E-state index in [1.807, 2.05) is 30.3 Å². The lowest BCUT2D eigenvalue weighted by Crippen LogP contribution is -2.48. The number of anilines is 1. The van der Waals surface area contributed by atoms with Crippen molar-refractivity contribution in [3.8, 4) is 0 Å². The molecule has 1 saturated carbocycles. The predicted molar refractivity (Wildman–Crippen MR) is 60.5 cm³/mol. The lowest BCUT2D eigenvalue weighted by Gasteiger charge is -2.37. The molecule has 1 aliphatic carbocycles. The summed E-state index contributed by atoms with van der Waals surface area (Å²) in [6.45, 7) is 0. The summed E-state index contributed by atoms with van der Waals surface area (Å²) in [5.74, 6) is 0.0170. The topological polar surface area (TPSA) is 55.1 Å². The highest BCUT2D eigenvalue weighted by Gasteiger charge is 2.34. The number of carbonyl (C=O) groups excluding carboxylic acids is 1. The third kappa shape index (κ3) is 2.57. The molecule has 1 aromatic rings. The van der Waals surface area contributed by atoms with Crippen molar-refractivity contribution in [2.45, 2.75) is 31.2 Å². The fourth-order valence-electron chi connectivity index (χ4n) is 1.85. The minimum absolute atomic E-state index is 0.0170. The Kier molecular flexibility index (Phi) is 2.73. The van der Waals surface area contributed by atoms with E-state index in [-0.39, 0.29) is 11.4 Å². The Morgan fingerprint density at radius 2 is 2.00 bits per heavy atom. The number of nitrogens with one attached hydrogen (secondary N) is 1. The normalized spacial score (nSPS) is 17.9. The maximum atomic E-state index is 11.6. The van der Waals surface area contributed by atoms with E-state index < -0.39 is 0 Å². The highest BCUT2D eigenvalue weighted by Crippen LogP contribution is 2.32. The summed E-state index contributed by atoms with van der Waals surface area (Å²) in [7, 11) is 0. The smallest absolute Gasteiger partial charge is 0.226 e. The highest BCUT2D eigenvalue weighted by atomic mass is 16.1. The first-order valence-corrected chi connectivity index (χ1v) is 5.32. The second-order valence-corrected chi connectivity index (χ2v) is 4.31. The van der Waals surface area contributed by atoms with Crippen molar-refractivity contribution in [1.82, 2.24) is 0 Å². The third-order valence-electron chi connectivity index (χ3n) is 2.92. The van der Waals surface area contributed by atoms with Crippen LogP contribution in [0.3, 0.4) is 0 Å². The summed E-state index contributed by atoms with van der Waals surface area (Å²) in [4.78, 5) is 11.6. The van der Waals surface area contributed by atoms with Gasteiger partial charge in [-0.2, -0.15) is 0 Å². The van der Waals surface area contributed by atoms with E-state index in [2.05, 4.69) is 5.32 Å². The van der Waals surface area contributed by atoms with E-state index in [4.69, 9.17) is 5.73 Å². The molecule has 3 N–H and O–H groups in total. The van der Waals surface area contributed by atoms with Crippen molar-refractivity contribution in [2.24, 2.45) is 5.73 Å². The Morgan fingerprint density at radius 3 is 2.53 bits per heavy atom. The van der Waals surface area contributed by atoms with Crippen LogP contribution in [0.5, 0.6) is 0 Å². The molecule has 0 radical (unpaired) electrons. The molecule has 15 heavy (non-hydrogen) atoms. The molecule has 3 heteroatoms. The zero-order valence-electron chi connectivity index (χ0n) is 8.70. The molecule has 80 valence electrons. The average Bonchev–Trinajstić information content (AvgIpc) is 2.16. The van der Waals surface area contributed by atoms with Crippen molar-refractivity contribution < 1.29 is 4.79 Å².